The fourth-order valence-electron chi connectivity index (χ4n) is 3.24. The number of hydrogen-bond acceptors (Lipinski definition) is 10. The topological polar surface area (TPSA) is 118 Å². The van der Waals surface area contributed by atoms with E-state index in [2.05, 4.69) is 40.9 Å². The van der Waals surface area contributed by atoms with Gasteiger partial charge in [-0.25, -0.2) is 4.98 Å². The predicted octanol–water partition coefficient (Wildman–Crippen LogP) is 2.13. The quantitative estimate of drug-likeness (QED) is 0.558. The molecule has 3 aromatic rings. The van der Waals surface area contributed by atoms with Gasteiger partial charge < -0.3 is 15.0 Å². The van der Waals surface area contributed by atoms with Crippen LogP contribution < -0.4 is 15.5 Å². The molecule has 0 unspecified atom stereocenters. The van der Waals surface area contributed by atoms with E-state index >= 15 is 0 Å². The zero-order valence-corrected chi connectivity index (χ0v) is 17.2. The lowest BCUT2D eigenvalue weighted by molar-refractivity contribution is -0.127. The maximum atomic E-state index is 12.7. The fourth-order valence-corrected chi connectivity index (χ4v) is 3.96. The molecule has 11 heteroatoms. The van der Waals surface area contributed by atoms with Crippen molar-refractivity contribution in [2.45, 2.75) is 25.5 Å². The summed E-state index contributed by atoms with van der Waals surface area (Å²) in [4.78, 5) is 19.0. The van der Waals surface area contributed by atoms with Gasteiger partial charge in [-0.1, -0.05) is 41.7 Å². The number of nitrogens with one attached hydrogen (secondary N) is 2. The third kappa shape index (κ3) is 4.86. The lowest BCUT2D eigenvalue weighted by Crippen LogP contribution is -2.27. The highest BCUT2D eigenvalue weighted by molar-refractivity contribution is 7.19. The van der Waals surface area contributed by atoms with E-state index in [4.69, 9.17) is 4.74 Å². The Labute approximate surface area is 177 Å². The standard InChI is InChI=1S/C19H22N8O2S/c1-2-29-15(13-6-4-3-5-7-13)16(28)23-19-26-25-18(30-19)22-14-8-11-27(12-14)17-20-9-10-21-24-17/h3-7,9-10,14-15H,2,8,11-12H2,1H3,(H,22,25)(H,23,26,28)/t14-,15+/m1/s1. The Balaban J connectivity index is 1.34. The van der Waals surface area contributed by atoms with Crippen molar-refractivity contribution in [1.82, 2.24) is 25.4 Å². The van der Waals surface area contributed by atoms with Crippen LogP contribution in [0.5, 0.6) is 0 Å². The average Bonchev–Trinajstić information content (AvgIpc) is 3.43. The highest BCUT2D eigenvalue weighted by Gasteiger charge is 2.26. The van der Waals surface area contributed by atoms with E-state index in [-0.39, 0.29) is 11.9 Å². The van der Waals surface area contributed by atoms with Crippen molar-refractivity contribution >= 4 is 33.5 Å². The Morgan fingerprint density at radius 3 is 2.83 bits per heavy atom. The van der Waals surface area contributed by atoms with Crippen LogP contribution in [-0.4, -0.2) is 57.0 Å². The van der Waals surface area contributed by atoms with Crippen LogP contribution in [0, 0.1) is 0 Å². The van der Waals surface area contributed by atoms with Crippen molar-refractivity contribution in [3.05, 3.63) is 48.3 Å². The summed E-state index contributed by atoms with van der Waals surface area (Å²) in [6.45, 7) is 3.86. The number of nitrogens with zero attached hydrogens (tertiary/aromatic N) is 6. The number of amides is 1. The number of carbonyl (C=O) groups is 1. The summed E-state index contributed by atoms with van der Waals surface area (Å²) in [6, 6.07) is 9.57. The van der Waals surface area contributed by atoms with E-state index < -0.39 is 6.10 Å². The van der Waals surface area contributed by atoms with Crippen molar-refractivity contribution in [2.75, 3.05) is 35.2 Å². The van der Waals surface area contributed by atoms with Crippen LogP contribution in [0.2, 0.25) is 0 Å². The van der Waals surface area contributed by atoms with Gasteiger partial charge in [0.05, 0.1) is 12.4 Å². The minimum Gasteiger partial charge on any atom is -0.364 e. The van der Waals surface area contributed by atoms with Crippen LogP contribution in [-0.2, 0) is 9.53 Å². The molecule has 0 spiro atoms. The Hall–Kier alpha value is -3.18. The van der Waals surface area contributed by atoms with Crippen molar-refractivity contribution in [3.63, 3.8) is 0 Å². The Morgan fingerprint density at radius 1 is 1.23 bits per heavy atom. The van der Waals surface area contributed by atoms with Crippen molar-refractivity contribution < 1.29 is 9.53 Å². The van der Waals surface area contributed by atoms with Gasteiger partial charge in [-0.2, -0.15) is 5.10 Å². The third-order valence-corrected chi connectivity index (χ3v) is 5.37. The molecule has 2 aromatic heterocycles. The van der Waals surface area contributed by atoms with Crippen LogP contribution >= 0.6 is 11.3 Å². The first kappa shape index (κ1) is 20.1. The second kappa shape index (κ2) is 9.55. The van der Waals surface area contributed by atoms with Crippen LogP contribution in [0.4, 0.5) is 16.2 Å². The van der Waals surface area contributed by atoms with E-state index in [0.29, 0.717) is 22.8 Å². The number of carbonyl (C=O) groups excluding carboxylic acids is 1. The second-order valence-electron chi connectivity index (χ2n) is 6.67. The Kier molecular flexibility index (Phi) is 6.40. The van der Waals surface area contributed by atoms with Gasteiger partial charge >= 0.3 is 0 Å². The molecule has 10 nitrogen and oxygen atoms in total. The van der Waals surface area contributed by atoms with Gasteiger partial charge in [0.25, 0.3) is 5.91 Å². The number of benzene rings is 1. The fraction of sp³-hybridized carbons (Fsp3) is 0.368. The van der Waals surface area contributed by atoms with Gasteiger partial charge in [0.1, 0.15) is 0 Å². The lowest BCUT2D eigenvalue weighted by Gasteiger charge is -2.16. The number of ether oxygens (including phenoxy) is 1. The van der Waals surface area contributed by atoms with E-state index in [1.807, 2.05) is 37.3 Å². The maximum absolute atomic E-state index is 12.7. The zero-order valence-electron chi connectivity index (χ0n) is 16.4. The van der Waals surface area contributed by atoms with Crippen molar-refractivity contribution in [3.8, 4) is 0 Å². The van der Waals surface area contributed by atoms with Crippen LogP contribution in [0.25, 0.3) is 0 Å². The minimum absolute atomic E-state index is 0.186. The predicted molar refractivity (Wildman–Crippen MR) is 113 cm³/mol. The van der Waals surface area contributed by atoms with Gasteiger partial charge in [0.15, 0.2) is 6.10 Å². The van der Waals surface area contributed by atoms with Crippen molar-refractivity contribution in [1.29, 1.82) is 0 Å². The third-order valence-electron chi connectivity index (χ3n) is 4.60. The highest BCUT2D eigenvalue weighted by Crippen LogP contribution is 2.26. The monoisotopic (exact) mass is 426 g/mol. The number of hydrogen-bond donors (Lipinski definition) is 2. The molecule has 1 amide bonds. The normalized spacial score (nSPS) is 17.0. The van der Waals surface area contributed by atoms with Gasteiger partial charge in [-0.3, -0.25) is 10.1 Å². The summed E-state index contributed by atoms with van der Waals surface area (Å²) in [7, 11) is 0. The Bertz CT molecular complexity index is 955. The van der Waals surface area contributed by atoms with Crippen LogP contribution in [0.15, 0.2) is 42.7 Å². The molecule has 1 saturated heterocycles. The maximum Gasteiger partial charge on any atom is 0.259 e. The summed E-state index contributed by atoms with van der Waals surface area (Å²) in [6.07, 6.45) is 3.41. The van der Waals surface area contributed by atoms with E-state index in [1.165, 1.54) is 11.3 Å². The molecule has 0 radical (unpaired) electrons. The van der Waals surface area contributed by atoms with E-state index in [9.17, 15) is 4.79 Å². The Morgan fingerprint density at radius 2 is 2.07 bits per heavy atom. The number of rotatable bonds is 8. The SMILES string of the molecule is CCO[C@H](C(=O)Nc1nnc(N[C@@H]2CCN(c3nccnn3)C2)s1)c1ccccc1. The largest absolute Gasteiger partial charge is 0.364 e. The molecule has 0 aliphatic carbocycles. The first-order valence-corrected chi connectivity index (χ1v) is 10.5. The molecule has 156 valence electrons. The minimum atomic E-state index is -0.695. The smallest absolute Gasteiger partial charge is 0.259 e. The summed E-state index contributed by atoms with van der Waals surface area (Å²) in [5, 5.41) is 23.4. The molecule has 0 saturated carbocycles. The molecule has 3 heterocycles. The van der Waals surface area contributed by atoms with Crippen LogP contribution in [0.1, 0.15) is 25.0 Å². The summed E-state index contributed by atoms with van der Waals surface area (Å²) in [5.41, 5.74) is 0.795. The number of anilines is 3. The zero-order chi connectivity index (χ0) is 20.8. The van der Waals surface area contributed by atoms with Crippen LogP contribution in [0.3, 0.4) is 0 Å². The number of aromatic nitrogens is 5. The lowest BCUT2D eigenvalue weighted by atomic mass is 10.1. The molecule has 4 rings (SSSR count). The average molecular weight is 427 g/mol. The molecule has 2 N–H and O–H groups in total. The van der Waals surface area contributed by atoms with Gasteiger partial charge in [-0.15, -0.1) is 15.3 Å². The molecular formula is C19H22N8O2S. The summed E-state index contributed by atoms with van der Waals surface area (Å²) in [5.74, 6) is 0.349. The highest BCUT2D eigenvalue weighted by atomic mass is 32.1. The first-order valence-electron chi connectivity index (χ1n) is 9.69. The molecule has 1 fully saturated rings. The molecule has 1 aliphatic heterocycles. The molecule has 2 atom stereocenters. The van der Waals surface area contributed by atoms with Gasteiger partial charge in [0.2, 0.25) is 16.2 Å². The van der Waals surface area contributed by atoms with E-state index in [1.54, 1.807) is 12.4 Å². The summed E-state index contributed by atoms with van der Waals surface area (Å²) < 4.78 is 5.64. The molecule has 1 aliphatic rings. The second-order valence-corrected chi connectivity index (χ2v) is 7.64. The molecule has 30 heavy (non-hydrogen) atoms. The first-order chi connectivity index (χ1) is 14.7. The van der Waals surface area contributed by atoms with Crippen molar-refractivity contribution in [2.24, 2.45) is 0 Å². The molecule has 0 bridgehead atoms. The van der Waals surface area contributed by atoms with E-state index in [0.717, 1.165) is 25.1 Å². The molecular weight excluding hydrogens is 404 g/mol. The summed E-state index contributed by atoms with van der Waals surface area (Å²) >= 11 is 1.29. The van der Waals surface area contributed by atoms with Gasteiger partial charge in [0, 0.05) is 25.7 Å². The molecule has 1 aromatic carbocycles. The van der Waals surface area contributed by atoms with Gasteiger partial charge in [-0.05, 0) is 18.9 Å².